The summed E-state index contributed by atoms with van der Waals surface area (Å²) in [5.41, 5.74) is 6.53. The Bertz CT molecular complexity index is 1170. The van der Waals surface area contributed by atoms with Crippen LogP contribution in [0.2, 0.25) is 0 Å². The molecule has 2 aromatic carbocycles. The lowest BCUT2D eigenvalue weighted by atomic mass is 9.62. The SMILES string of the molecule is CC1(C)CCC(C)(C)c2cc(-c3nc(S)cs3)c(C=Cc3ccc(C(=O)O)cc3)cc21. The second kappa shape index (κ2) is 7.95. The van der Waals surface area contributed by atoms with Crippen LogP contribution in [-0.2, 0) is 10.8 Å². The van der Waals surface area contributed by atoms with Crippen molar-refractivity contribution in [2.24, 2.45) is 0 Å². The maximum atomic E-state index is 11.1. The molecule has 0 amide bonds. The van der Waals surface area contributed by atoms with Gasteiger partial charge in [0.25, 0.3) is 0 Å². The van der Waals surface area contributed by atoms with Crippen molar-refractivity contribution < 1.29 is 9.90 Å². The van der Waals surface area contributed by atoms with Crippen molar-refractivity contribution in [3.63, 3.8) is 0 Å². The Labute approximate surface area is 193 Å². The smallest absolute Gasteiger partial charge is 0.335 e. The Hall–Kier alpha value is -2.37. The molecule has 3 aromatic rings. The van der Waals surface area contributed by atoms with E-state index in [1.54, 1.807) is 23.5 Å². The van der Waals surface area contributed by atoms with E-state index in [0.29, 0.717) is 5.56 Å². The van der Waals surface area contributed by atoms with Gasteiger partial charge < -0.3 is 5.11 Å². The topological polar surface area (TPSA) is 50.2 Å². The van der Waals surface area contributed by atoms with Gasteiger partial charge in [-0.25, -0.2) is 9.78 Å². The number of hydrogen-bond donors (Lipinski definition) is 2. The predicted octanol–water partition coefficient (Wildman–Crippen LogP) is 7.32. The maximum Gasteiger partial charge on any atom is 0.335 e. The van der Waals surface area contributed by atoms with Gasteiger partial charge in [-0.1, -0.05) is 58.0 Å². The summed E-state index contributed by atoms with van der Waals surface area (Å²) in [6, 6.07) is 11.6. The van der Waals surface area contributed by atoms with E-state index in [1.807, 2.05) is 23.6 Å². The zero-order valence-electron chi connectivity index (χ0n) is 18.3. The molecule has 0 unspecified atom stereocenters. The monoisotopic (exact) mass is 449 g/mol. The van der Waals surface area contributed by atoms with E-state index in [0.717, 1.165) is 39.6 Å². The number of nitrogens with zero attached hydrogens (tertiary/aromatic N) is 1. The summed E-state index contributed by atoms with van der Waals surface area (Å²) >= 11 is 6.03. The molecule has 0 fully saturated rings. The van der Waals surface area contributed by atoms with E-state index in [2.05, 4.69) is 63.5 Å². The van der Waals surface area contributed by atoms with Crippen molar-refractivity contribution in [1.29, 1.82) is 0 Å². The van der Waals surface area contributed by atoms with Gasteiger partial charge in [-0.3, -0.25) is 0 Å². The highest BCUT2D eigenvalue weighted by Crippen LogP contribution is 2.48. The van der Waals surface area contributed by atoms with Gasteiger partial charge in [-0.15, -0.1) is 24.0 Å². The van der Waals surface area contributed by atoms with Crippen molar-refractivity contribution in [2.75, 3.05) is 0 Å². The number of carboxylic acid groups (broad SMARTS) is 1. The molecular weight excluding hydrogens is 422 g/mol. The number of carboxylic acids is 1. The van der Waals surface area contributed by atoms with E-state index in [9.17, 15) is 4.79 Å². The lowest BCUT2D eigenvalue weighted by molar-refractivity contribution is 0.0697. The van der Waals surface area contributed by atoms with Gasteiger partial charge in [0.15, 0.2) is 0 Å². The second-order valence-electron chi connectivity index (χ2n) is 9.52. The summed E-state index contributed by atoms with van der Waals surface area (Å²) in [4.78, 5) is 15.8. The molecule has 31 heavy (non-hydrogen) atoms. The molecule has 0 atom stereocenters. The molecule has 4 rings (SSSR count). The van der Waals surface area contributed by atoms with Crippen LogP contribution in [0.4, 0.5) is 0 Å². The van der Waals surface area contributed by atoms with Crippen LogP contribution in [0.15, 0.2) is 46.8 Å². The molecule has 3 nitrogen and oxygen atoms in total. The van der Waals surface area contributed by atoms with Crippen molar-refractivity contribution in [3.05, 3.63) is 69.6 Å². The summed E-state index contributed by atoms with van der Waals surface area (Å²) in [5.74, 6) is -0.913. The Morgan fingerprint density at radius 2 is 1.65 bits per heavy atom. The van der Waals surface area contributed by atoms with E-state index < -0.39 is 5.97 Å². The second-order valence-corrected chi connectivity index (χ2v) is 10.8. The fourth-order valence-electron chi connectivity index (χ4n) is 4.27. The first-order valence-electron chi connectivity index (χ1n) is 10.4. The highest BCUT2D eigenvalue weighted by atomic mass is 32.1. The van der Waals surface area contributed by atoms with Crippen LogP contribution in [0.3, 0.4) is 0 Å². The Balaban J connectivity index is 1.85. The average Bonchev–Trinajstić information content (AvgIpc) is 3.16. The minimum Gasteiger partial charge on any atom is -0.478 e. The number of fused-ring (bicyclic) bond motifs is 1. The first kappa shape index (κ1) is 21.8. The van der Waals surface area contributed by atoms with Crippen molar-refractivity contribution in [1.82, 2.24) is 4.98 Å². The summed E-state index contributed by atoms with van der Waals surface area (Å²) in [5, 5.41) is 12.8. The van der Waals surface area contributed by atoms with Crippen LogP contribution in [0.25, 0.3) is 22.7 Å². The number of aromatic nitrogens is 1. The molecule has 0 spiro atoms. The van der Waals surface area contributed by atoms with Gasteiger partial charge in [0.1, 0.15) is 10.0 Å². The zero-order valence-corrected chi connectivity index (χ0v) is 20.0. The number of aromatic carboxylic acids is 1. The minimum absolute atomic E-state index is 0.118. The third kappa shape index (κ3) is 4.35. The molecular formula is C26H27NO2S2. The van der Waals surface area contributed by atoms with Crippen LogP contribution in [0, 0.1) is 0 Å². The molecule has 5 heteroatoms. The predicted molar refractivity (Wildman–Crippen MR) is 132 cm³/mol. The molecule has 1 heterocycles. The van der Waals surface area contributed by atoms with E-state index in [-0.39, 0.29) is 10.8 Å². The lowest BCUT2D eigenvalue weighted by Gasteiger charge is -2.42. The summed E-state index contributed by atoms with van der Waals surface area (Å²) in [6.45, 7) is 9.31. The molecule has 160 valence electrons. The number of thiazole rings is 1. The van der Waals surface area contributed by atoms with Crippen LogP contribution in [0.1, 0.15) is 73.1 Å². The third-order valence-electron chi connectivity index (χ3n) is 6.36. The average molecular weight is 450 g/mol. The van der Waals surface area contributed by atoms with E-state index in [4.69, 9.17) is 5.11 Å². The van der Waals surface area contributed by atoms with Gasteiger partial charge in [0.05, 0.1) is 5.56 Å². The van der Waals surface area contributed by atoms with Gasteiger partial charge in [0, 0.05) is 10.9 Å². The molecule has 1 N–H and O–H groups in total. The number of rotatable bonds is 4. The Morgan fingerprint density at radius 3 is 2.19 bits per heavy atom. The fourth-order valence-corrected chi connectivity index (χ4v) is 5.32. The molecule has 1 aliphatic rings. The normalized spacial score (nSPS) is 16.9. The van der Waals surface area contributed by atoms with Crippen molar-refractivity contribution >= 4 is 42.1 Å². The first-order chi connectivity index (χ1) is 14.6. The fraction of sp³-hybridized carbons (Fsp3) is 0.308. The molecule has 0 saturated heterocycles. The van der Waals surface area contributed by atoms with E-state index in [1.165, 1.54) is 11.1 Å². The highest BCUT2D eigenvalue weighted by molar-refractivity contribution is 7.80. The van der Waals surface area contributed by atoms with Crippen LogP contribution in [0.5, 0.6) is 0 Å². The van der Waals surface area contributed by atoms with Crippen molar-refractivity contribution in [2.45, 2.75) is 56.4 Å². The highest BCUT2D eigenvalue weighted by Gasteiger charge is 2.37. The number of hydrogen-bond acceptors (Lipinski definition) is 4. The lowest BCUT2D eigenvalue weighted by Crippen LogP contribution is -2.34. The third-order valence-corrected chi connectivity index (χ3v) is 7.64. The number of benzene rings is 2. The molecule has 0 saturated carbocycles. The standard InChI is InChI=1S/C26H27NO2S2/c1-25(2)11-12-26(3,4)21-14-19(23-27-22(30)15-31-23)18(13-20(21)25)10-7-16-5-8-17(9-6-16)24(28)29/h5-10,13-15,30H,11-12H2,1-4H3,(H,28,29). The Morgan fingerprint density at radius 1 is 1.03 bits per heavy atom. The summed E-state index contributed by atoms with van der Waals surface area (Å²) in [7, 11) is 0. The summed E-state index contributed by atoms with van der Waals surface area (Å²) in [6.07, 6.45) is 6.47. The van der Waals surface area contributed by atoms with Crippen LogP contribution >= 0.6 is 24.0 Å². The molecule has 0 bridgehead atoms. The number of thiol groups is 1. The van der Waals surface area contributed by atoms with Gasteiger partial charge in [-0.05, 0) is 64.1 Å². The van der Waals surface area contributed by atoms with Gasteiger partial charge in [0.2, 0.25) is 0 Å². The molecule has 1 aromatic heterocycles. The molecule has 0 aliphatic heterocycles. The Kier molecular flexibility index (Phi) is 5.61. The maximum absolute atomic E-state index is 11.1. The van der Waals surface area contributed by atoms with Gasteiger partial charge in [-0.2, -0.15) is 0 Å². The van der Waals surface area contributed by atoms with Crippen LogP contribution < -0.4 is 0 Å². The van der Waals surface area contributed by atoms with Gasteiger partial charge >= 0.3 is 5.97 Å². The first-order valence-corrected chi connectivity index (χ1v) is 11.7. The molecule has 1 aliphatic carbocycles. The van der Waals surface area contributed by atoms with E-state index >= 15 is 0 Å². The molecule has 0 radical (unpaired) electrons. The zero-order chi connectivity index (χ0) is 22.4. The summed E-state index contributed by atoms with van der Waals surface area (Å²) < 4.78 is 0. The van der Waals surface area contributed by atoms with Crippen LogP contribution in [-0.4, -0.2) is 16.1 Å². The largest absolute Gasteiger partial charge is 0.478 e. The quantitative estimate of drug-likeness (QED) is 0.324. The minimum atomic E-state index is -0.913. The number of carbonyl (C=O) groups is 1. The van der Waals surface area contributed by atoms with Crippen molar-refractivity contribution in [3.8, 4) is 10.6 Å².